The first-order chi connectivity index (χ1) is 13.3. The first-order valence-corrected chi connectivity index (χ1v) is 8.61. The number of imidazole rings is 1. The molecule has 0 aliphatic rings. The topological polar surface area (TPSA) is 80.1 Å². The number of ether oxygens (including phenoxy) is 1. The molecule has 0 aliphatic carbocycles. The average Bonchev–Trinajstić information content (AvgIpc) is 3.34. The number of aromatic amines is 1. The van der Waals surface area contributed by atoms with E-state index in [0.29, 0.717) is 33.5 Å². The van der Waals surface area contributed by atoms with E-state index >= 15 is 0 Å². The summed E-state index contributed by atoms with van der Waals surface area (Å²) in [6.45, 7) is 0. The van der Waals surface area contributed by atoms with Crippen molar-refractivity contribution in [3.05, 3.63) is 72.3 Å². The Morgan fingerprint density at radius 1 is 1.15 bits per heavy atom. The number of halogens is 1. The maximum Gasteiger partial charge on any atom is 0.180 e. The van der Waals surface area contributed by atoms with Crippen molar-refractivity contribution >= 4 is 39.8 Å². The average molecular weight is 377 g/mol. The number of aromatic nitrogens is 5. The normalized spacial score (nSPS) is 11.1. The van der Waals surface area contributed by atoms with Crippen LogP contribution in [-0.4, -0.2) is 24.6 Å². The highest BCUT2D eigenvalue weighted by atomic mass is 35.5. The first kappa shape index (κ1) is 15.7. The fourth-order valence-electron chi connectivity index (χ4n) is 2.94. The van der Waals surface area contributed by atoms with Crippen molar-refractivity contribution in [2.24, 2.45) is 0 Å². The number of rotatable bonds is 4. The molecule has 3 heterocycles. The summed E-state index contributed by atoms with van der Waals surface area (Å²) >= 11 is 6.10. The fourth-order valence-corrected chi connectivity index (χ4v) is 3.13. The molecule has 8 heteroatoms. The van der Waals surface area contributed by atoms with E-state index in [2.05, 4.69) is 20.5 Å². The number of anilines is 2. The lowest BCUT2D eigenvalue weighted by Crippen LogP contribution is -2.01. The number of hydrogen-bond donors (Lipinski definition) is 2. The Morgan fingerprint density at radius 3 is 2.93 bits per heavy atom. The molecule has 0 unspecified atom stereocenters. The standard InChI is InChI=1S/C19H13ClN6O/c20-12-3-1-4-13(9-12)24-18-19-21-7-8-26(19)15-5-2-6-16(17(15)25-18)27-14-10-22-23-11-14/h1-11H,(H,22,23)(H,24,25). The molecule has 0 aliphatic heterocycles. The second-order valence-corrected chi connectivity index (χ2v) is 6.31. The number of H-pyrrole nitrogens is 1. The highest BCUT2D eigenvalue weighted by Crippen LogP contribution is 2.32. The summed E-state index contributed by atoms with van der Waals surface area (Å²) in [6, 6.07) is 13.2. The zero-order valence-corrected chi connectivity index (χ0v) is 14.7. The van der Waals surface area contributed by atoms with Gasteiger partial charge in [0.25, 0.3) is 0 Å². The minimum atomic E-state index is 0.609. The van der Waals surface area contributed by atoms with Gasteiger partial charge in [-0.2, -0.15) is 5.10 Å². The summed E-state index contributed by atoms with van der Waals surface area (Å²) in [6.07, 6.45) is 6.92. The number of fused-ring (bicyclic) bond motifs is 3. The molecule has 0 radical (unpaired) electrons. The van der Waals surface area contributed by atoms with Crippen LogP contribution in [0.2, 0.25) is 5.02 Å². The summed E-state index contributed by atoms with van der Waals surface area (Å²) in [5.41, 5.74) is 3.13. The third-order valence-corrected chi connectivity index (χ3v) is 4.34. The number of nitrogens with zero attached hydrogens (tertiary/aromatic N) is 4. The Labute approximate surface area is 158 Å². The molecule has 3 aromatic heterocycles. The molecule has 0 amide bonds. The zero-order valence-electron chi connectivity index (χ0n) is 13.9. The highest BCUT2D eigenvalue weighted by molar-refractivity contribution is 6.30. The number of para-hydroxylation sites is 1. The van der Waals surface area contributed by atoms with Gasteiger partial charge in [0, 0.05) is 23.1 Å². The lowest BCUT2D eigenvalue weighted by molar-refractivity contribution is 0.487. The van der Waals surface area contributed by atoms with Gasteiger partial charge in [-0.25, -0.2) is 9.97 Å². The van der Waals surface area contributed by atoms with Gasteiger partial charge in [0.2, 0.25) is 0 Å². The molecule has 0 spiro atoms. The molecular formula is C19H13ClN6O. The molecule has 2 N–H and O–H groups in total. The van der Waals surface area contributed by atoms with E-state index in [1.807, 2.05) is 53.1 Å². The van der Waals surface area contributed by atoms with E-state index in [-0.39, 0.29) is 0 Å². The van der Waals surface area contributed by atoms with E-state index in [9.17, 15) is 0 Å². The Bertz CT molecular complexity index is 1250. The molecule has 5 rings (SSSR count). The molecule has 27 heavy (non-hydrogen) atoms. The van der Waals surface area contributed by atoms with Crippen LogP contribution in [0.1, 0.15) is 0 Å². The molecule has 0 bridgehead atoms. The van der Waals surface area contributed by atoms with Crippen LogP contribution in [0.4, 0.5) is 11.5 Å². The van der Waals surface area contributed by atoms with Gasteiger partial charge in [-0.05, 0) is 30.3 Å². The maximum atomic E-state index is 6.10. The molecule has 0 atom stereocenters. The van der Waals surface area contributed by atoms with Crippen LogP contribution in [0.5, 0.6) is 11.5 Å². The third-order valence-electron chi connectivity index (χ3n) is 4.10. The van der Waals surface area contributed by atoms with Crippen molar-refractivity contribution in [2.75, 3.05) is 5.32 Å². The SMILES string of the molecule is Clc1cccc(Nc2nc3c(Oc4cn[nH]c4)cccc3n3ccnc23)c1. The molecule has 132 valence electrons. The van der Waals surface area contributed by atoms with Gasteiger partial charge < -0.3 is 10.1 Å². The predicted molar refractivity (Wildman–Crippen MR) is 104 cm³/mol. The van der Waals surface area contributed by atoms with Gasteiger partial charge in [0.05, 0.1) is 17.9 Å². The lowest BCUT2D eigenvalue weighted by Gasteiger charge is -2.12. The molecule has 0 fully saturated rings. The minimum absolute atomic E-state index is 0.609. The molecule has 2 aromatic carbocycles. The largest absolute Gasteiger partial charge is 0.452 e. The lowest BCUT2D eigenvalue weighted by atomic mass is 10.2. The van der Waals surface area contributed by atoms with Gasteiger partial charge >= 0.3 is 0 Å². The second-order valence-electron chi connectivity index (χ2n) is 5.88. The minimum Gasteiger partial charge on any atom is -0.452 e. The van der Waals surface area contributed by atoms with E-state index in [1.54, 1.807) is 18.6 Å². The van der Waals surface area contributed by atoms with Gasteiger partial charge in [0.1, 0.15) is 5.52 Å². The summed E-state index contributed by atoms with van der Waals surface area (Å²) in [7, 11) is 0. The Kier molecular flexibility index (Phi) is 3.65. The van der Waals surface area contributed by atoms with Gasteiger partial charge in [-0.1, -0.05) is 23.7 Å². The third kappa shape index (κ3) is 2.84. The van der Waals surface area contributed by atoms with Crippen LogP contribution in [-0.2, 0) is 0 Å². The first-order valence-electron chi connectivity index (χ1n) is 8.23. The number of benzene rings is 2. The molecule has 7 nitrogen and oxygen atoms in total. The van der Waals surface area contributed by atoms with Crippen LogP contribution in [0.15, 0.2) is 67.3 Å². The summed E-state index contributed by atoms with van der Waals surface area (Å²) in [5, 5.41) is 10.6. The van der Waals surface area contributed by atoms with Gasteiger partial charge in [0.15, 0.2) is 23.0 Å². The van der Waals surface area contributed by atoms with Crippen LogP contribution >= 0.6 is 11.6 Å². The van der Waals surface area contributed by atoms with Crippen LogP contribution < -0.4 is 10.1 Å². The van der Waals surface area contributed by atoms with E-state index in [4.69, 9.17) is 21.3 Å². The van der Waals surface area contributed by atoms with Crippen molar-refractivity contribution in [1.29, 1.82) is 0 Å². The summed E-state index contributed by atoms with van der Waals surface area (Å²) in [4.78, 5) is 9.23. The zero-order chi connectivity index (χ0) is 18.2. The summed E-state index contributed by atoms with van der Waals surface area (Å²) < 4.78 is 7.91. The van der Waals surface area contributed by atoms with E-state index < -0.39 is 0 Å². The van der Waals surface area contributed by atoms with Crippen molar-refractivity contribution in [3.8, 4) is 11.5 Å². The van der Waals surface area contributed by atoms with Crippen LogP contribution in [0.3, 0.4) is 0 Å². The summed E-state index contributed by atoms with van der Waals surface area (Å²) in [5.74, 6) is 1.84. The Balaban J connectivity index is 1.68. The van der Waals surface area contributed by atoms with Crippen molar-refractivity contribution in [3.63, 3.8) is 0 Å². The van der Waals surface area contributed by atoms with Crippen molar-refractivity contribution in [2.45, 2.75) is 0 Å². The Morgan fingerprint density at radius 2 is 2.07 bits per heavy atom. The van der Waals surface area contributed by atoms with Gasteiger partial charge in [-0.15, -0.1) is 0 Å². The maximum absolute atomic E-state index is 6.10. The molecule has 0 saturated heterocycles. The molecular weight excluding hydrogens is 364 g/mol. The molecule has 5 aromatic rings. The number of nitrogens with one attached hydrogen (secondary N) is 2. The van der Waals surface area contributed by atoms with Crippen molar-refractivity contribution < 1.29 is 4.74 Å². The number of hydrogen-bond acceptors (Lipinski definition) is 5. The Hall–Kier alpha value is -3.58. The molecule has 0 saturated carbocycles. The highest BCUT2D eigenvalue weighted by Gasteiger charge is 2.14. The smallest absolute Gasteiger partial charge is 0.180 e. The fraction of sp³-hybridized carbons (Fsp3) is 0. The van der Waals surface area contributed by atoms with Crippen LogP contribution in [0.25, 0.3) is 16.7 Å². The van der Waals surface area contributed by atoms with Crippen LogP contribution in [0, 0.1) is 0 Å². The van der Waals surface area contributed by atoms with E-state index in [1.165, 1.54) is 0 Å². The second kappa shape index (κ2) is 6.30. The van der Waals surface area contributed by atoms with Gasteiger partial charge in [-0.3, -0.25) is 9.50 Å². The monoisotopic (exact) mass is 376 g/mol. The van der Waals surface area contributed by atoms with E-state index in [0.717, 1.165) is 11.2 Å². The quantitative estimate of drug-likeness (QED) is 0.471. The predicted octanol–water partition coefficient (Wildman–Crippen LogP) is 4.79. The van der Waals surface area contributed by atoms with Crippen molar-refractivity contribution in [1.82, 2.24) is 24.6 Å².